The lowest BCUT2D eigenvalue weighted by atomic mass is 9.89. The van der Waals surface area contributed by atoms with Gasteiger partial charge in [-0.05, 0) is 58.8 Å². The van der Waals surface area contributed by atoms with E-state index in [-0.39, 0.29) is 36.2 Å². The molecule has 0 atom stereocenters. The minimum Gasteiger partial charge on any atom is -0.386 e. The van der Waals surface area contributed by atoms with Crippen molar-refractivity contribution in [2.45, 2.75) is 25.4 Å². The third kappa shape index (κ3) is 3.59. The van der Waals surface area contributed by atoms with Crippen molar-refractivity contribution < 1.29 is 23.1 Å². The first-order chi connectivity index (χ1) is 12.2. The zero-order chi connectivity index (χ0) is 19.1. The van der Waals surface area contributed by atoms with Gasteiger partial charge in [-0.3, -0.25) is 4.79 Å². The first kappa shape index (κ1) is 19.2. The van der Waals surface area contributed by atoms with Crippen LogP contribution in [0.5, 0.6) is 0 Å². The lowest BCUT2D eigenvalue weighted by molar-refractivity contribution is -0.0826. The molecule has 1 saturated heterocycles. The van der Waals surface area contributed by atoms with E-state index in [9.17, 15) is 23.1 Å². The van der Waals surface area contributed by atoms with Crippen molar-refractivity contribution in [3.63, 3.8) is 0 Å². The highest BCUT2D eigenvalue weighted by Crippen LogP contribution is 2.29. The summed E-state index contributed by atoms with van der Waals surface area (Å²) < 4.78 is 42.9. The zero-order valence-corrected chi connectivity index (χ0v) is 16.2. The Morgan fingerprint density at radius 3 is 2.50 bits per heavy atom. The summed E-state index contributed by atoms with van der Waals surface area (Å²) in [6.45, 7) is 2.09. The Kier molecular flexibility index (Phi) is 5.30. The van der Waals surface area contributed by atoms with Gasteiger partial charge in [-0.2, -0.15) is 0 Å². The molecule has 0 spiro atoms. The Labute approximate surface area is 163 Å². The fourth-order valence-corrected chi connectivity index (χ4v) is 3.48. The van der Waals surface area contributed by atoms with E-state index in [1.54, 1.807) is 6.07 Å². The molecule has 3 nitrogen and oxygen atoms in total. The number of hydrogen-bond acceptors (Lipinski definition) is 2. The normalized spacial score (nSPS) is 15.7. The Bertz CT molecular complexity index is 866. The van der Waals surface area contributed by atoms with Crippen LogP contribution in [0, 0.1) is 21.0 Å². The average molecular weight is 475 g/mol. The van der Waals surface area contributed by atoms with Gasteiger partial charge >= 0.3 is 0 Å². The van der Waals surface area contributed by atoms with Crippen molar-refractivity contribution >= 4 is 28.5 Å². The van der Waals surface area contributed by atoms with Crippen LogP contribution in [-0.2, 0) is 6.42 Å². The molecule has 138 valence electrons. The predicted molar refractivity (Wildman–Crippen MR) is 99.4 cm³/mol. The topological polar surface area (TPSA) is 40.5 Å². The smallest absolute Gasteiger partial charge is 0.254 e. The molecule has 1 N–H and O–H groups in total. The molecule has 3 rings (SSSR count). The molecule has 1 fully saturated rings. The van der Waals surface area contributed by atoms with E-state index in [0.29, 0.717) is 9.99 Å². The van der Waals surface area contributed by atoms with Gasteiger partial charge in [-0.15, -0.1) is 0 Å². The van der Waals surface area contributed by atoms with Crippen LogP contribution in [0.4, 0.5) is 13.2 Å². The predicted octanol–water partition coefficient (Wildman–Crippen LogP) is 3.90. The van der Waals surface area contributed by atoms with Gasteiger partial charge in [0.2, 0.25) is 0 Å². The van der Waals surface area contributed by atoms with E-state index in [1.165, 1.54) is 23.1 Å². The standard InChI is InChI=1S/C19H17F3INO2/c1-2-19(26)9-24(10-19)18(25)13-5-6-15(20)17(22)14(13)7-11-3-4-12(23)8-16(11)21/h3-6,8,26H,2,7,9-10H2,1H3. The molecule has 0 radical (unpaired) electrons. The van der Waals surface area contributed by atoms with Crippen LogP contribution in [0.2, 0.25) is 0 Å². The van der Waals surface area contributed by atoms with Crippen molar-refractivity contribution in [2.75, 3.05) is 13.1 Å². The third-order valence-electron chi connectivity index (χ3n) is 4.72. The highest BCUT2D eigenvalue weighted by atomic mass is 127. The van der Waals surface area contributed by atoms with Crippen molar-refractivity contribution in [3.05, 3.63) is 68.0 Å². The van der Waals surface area contributed by atoms with Crippen molar-refractivity contribution in [3.8, 4) is 0 Å². The minimum absolute atomic E-state index is 0.0139. The molecule has 7 heteroatoms. The lowest BCUT2D eigenvalue weighted by Gasteiger charge is -2.46. The van der Waals surface area contributed by atoms with Crippen molar-refractivity contribution in [1.82, 2.24) is 4.90 Å². The summed E-state index contributed by atoms with van der Waals surface area (Å²) in [5, 5.41) is 10.1. The van der Waals surface area contributed by atoms with Crippen LogP contribution in [0.3, 0.4) is 0 Å². The number of halogens is 4. The average Bonchev–Trinajstić information content (AvgIpc) is 2.57. The van der Waals surface area contributed by atoms with Crippen LogP contribution in [0.25, 0.3) is 0 Å². The quantitative estimate of drug-likeness (QED) is 0.682. The van der Waals surface area contributed by atoms with Gasteiger partial charge in [0, 0.05) is 21.1 Å². The number of aliphatic hydroxyl groups is 1. The number of likely N-dealkylation sites (tertiary alicyclic amines) is 1. The number of rotatable bonds is 4. The summed E-state index contributed by atoms with van der Waals surface area (Å²) in [7, 11) is 0. The van der Waals surface area contributed by atoms with Gasteiger partial charge in [0.15, 0.2) is 11.6 Å². The van der Waals surface area contributed by atoms with Crippen LogP contribution in [0.1, 0.15) is 34.8 Å². The van der Waals surface area contributed by atoms with Crippen molar-refractivity contribution in [2.24, 2.45) is 0 Å². The summed E-state index contributed by atoms with van der Waals surface area (Å²) in [5.74, 6) is -3.28. The van der Waals surface area contributed by atoms with Gasteiger partial charge in [-0.1, -0.05) is 13.0 Å². The first-order valence-electron chi connectivity index (χ1n) is 8.16. The van der Waals surface area contributed by atoms with Gasteiger partial charge < -0.3 is 10.0 Å². The maximum absolute atomic E-state index is 14.4. The lowest BCUT2D eigenvalue weighted by Crippen LogP contribution is -2.63. The van der Waals surface area contributed by atoms with Crippen LogP contribution >= 0.6 is 22.6 Å². The number of carbonyl (C=O) groups is 1. The van der Waals surface area contributed by atoms with E-state index < -0.39 is 29.0 Å². The van der Waals surface area contributed by atoms with Crippen LogP contribution < -0.4 is 0 Å². The molecule has 1 aliphatic rings. The summed E-state index contributed by atoms with van der Waals surface area (Å²) in [5.41, 5.74) is -0.948. The number of amides is 1. The third-order valence-corrected chi connectivity index (χ3v) is 5.40. The van der Waals surface area contributed by atoms with E-state index in [4.69, 9.17) is 0 Å². The largest absolute Gasteiger partial charge is 0.386 e. The molecule has 0 unspecified atom stereocenters. The van der Waals surface area contributed by atoms with E-state index in [2.05, 4.69) is 0 Å². The molecule has 1 aliphatic heterocycles. The molecule has 1 amide bonds. The number of nitrogens with zero attached hydrogens (tertiary/aromatic N) is 1. The van der Waals surface area contributed by atoms with Crippen LogP contribution in [-0.4, -0.2) is 34.6 Å². The molecule has 0 aliphatic carbocycles. The Morgan fingerprint density at radius 1 is 1.19 bits per heavy atom. The van der Waals surface area contributed by atoms with E-state index in [1.807, 2.05) is 29.5 Å². The second-order valence-corrected chi connectivity index (χ2v) is 7.78. The Morgan fingerprint density at radius 2 is 1.88 bits per heavy atom. The van der Waals surface area contributed by atoms with Gasteiger partial charge in [0.25, 0.3) is 5.91 Å². The Hall–Kier alpha value is -1.61. The molecular formula is C19H17F3INO2. The second-order valence-electron chi connectivity index (χ2n) is 6.54. The summed E-state index contributed by atoms with van der Waals surface area (Å²) in [6, 6.07) is 6.56. The van der Waals surface area contributed by atoms with E-state index >= 15 is 0 Å². The first-order valence-corrected chi connectivity index (χ1v) is 9.24. The summed E-state index contributed by atoms with van der Waals surface area (Å²) in [6.07, 6.45) is 0.259. The van der Waals surface area contributed by atoms with Crippen molar-refractivity contribution in [1.29, 1.82) is 0 Å². The monoisotopic (exact) mass is 475 g/mol. The second kappa shape index (κ2) is 7.19. The number of β-amino-alcohol motifs (C(OH)–C–C–N with tert-alkyl or cyclic N) is 1. The molecule has 2 aromatic rings. The SMILES string of the molecule is CCC1(O)CN(C(=O)c2ccc(F)c(F)c2Cc2ccc(I)cc2F)C1. The molecule has 0 bridgehead atoms. The molecule has 0 aromatic heterocycles. The molecule has 0 saturated carbocycles. The van der Waals surface area contributed by atoms with Gasteiger partial charge in [-0.25, -0.2) is 13.2 Å². The number of hydrogen-bond donors (Lipinski definition) is 1. The fraction of sp³-hybridized carbons (Fsp3) is 0.316. The minimum atomic E-state index is -1.15. The highest BCUT2D eigenvalue weighted by molar-refractivity contribution is 14.1. The summed E-state index contributed by atoms with van der Waals surface area (Å²) in [4.78, 5) is 14.1. The van der Waals surface area contributed by atoms with Gasteiger partial charge in [0.05, 0.1) is 18.7 Å². The van der Waals surface area contributed by atoms with Crippen LogP contribution in [0.15, 0.2) is 30.3 Å². The Balaban J connectivity index is 1.94. The van der Waals surface area contributed by atoms with E-state index in [0.717, 1.165) is 6.07 Å². The molecule has 26 heavy (non-hydrogen) atoms. The van der Waals surface area contributed by atoms with Gasteiger partial charge in [0.1, 0.15) is 5.82 Å². The number of carbonyl (C=O) groups excluding carboxylic acids is 1. The molecular weight excluding hydrogens is 458 g/mol. The highest BCUT2D eigenvalue weighted by Gasteiger charge is 2.42. The maximum Gasteiger partial charge on any atom is 0.254 e. The zero-order valence-electron chi connectivity index (χ0n) is 14.0. The maximum atomic E-state index is 14.4. The fourth-order valence-electron chi connectivity index (χ4n) is 3.02. The molecule has 2 aromatic carbocycles. The summed E-state index contributed by atoms with van der Waals surface area (Å²) >= 11 is 1.95. The molecule has 1 heterocycles. The number of benzene rings is 2.